The van der Waals surface area contributed by atoms with Gasteiger partial charge in [-0.25, -0.2) is 19.9 Å². The van der Waals surface area contributed by atoms with E-state index in [0.29, 0.717) is 23.4 Å². The first kappa shape index (κ1) is 25.3. The highest BCUT2D eigenvalue weighted by molar-refractivity contribution is 6.29. The highest BCUT2D eigenvalue weighted by Crippen LogP contribution is 2.41. The number of benzene rings is 7. The smallest absolute Gasteiger partial charge is 0.227 e. The van der Waals surface area contributed by atoms with Crippen LogP contribution in [-0.2, 0) is 0 Å². The van der Waals surface area contributed by atoms with Crippen LogP contribution >= 0.6 is 0 Å². The summed E-state index contributed by atoms with van der Waals surface area (Å²) in [7, 11) is 0. The van der Waals surface area contributed by atoms with Crippen molar-refractivity contribution in [2.45, 2.75) is 0 Å². The van der Waals surface area contributed by atoms with Gasteiger partial charge in [0.05, 0.1) is 0 Å². The highest BCUT2D eigenvalue weighted by Gasteiger charge is 2.19. The first-order valence-electron chi connectivity index (χ1n) is 14.9. The van der Waals surface area contributed by atoms with Crippen molar-refractivity contribution < 1.29 is 4.42 Å². The van der Waals surface area contributed by atoms with E-state index in [1.165, 1.54) is 0 Å². The molecule has 0 N–H and O–H groups in total. The average Bonchev–Trinajstić information content (AvgIpc) is 3.58. The summed E-state index contributed by atoms with van der Waals surface area (Å²) in [6.45, 7) is 0. The van der Waals surface area contributed by atoms with Gasteiger partial charge in [-0.2, -0.15) is 0 Å². The molecule has 0 fully saturated rings. The molecule has 0 unspecified atom stereocenters. The van der Waals surface area contributed by atoms with Crippen LogP contribution < -0.4 is 0 Å². The van der Waals surface area contributed by atoms with Crippen LogP contribution in [0.25, 0.3) is 89.0 Å². The Hall–Kier alpha value is -6.20. The fourth-order valence-electron chi connectivity index (χ4n) is 6.17. The van der Waals surface area contributed by atoms with Crippen molar-refractivity contribution in [2.24, 2.45) is 0 Å². The molecule has 0 saturated heterocycles. The summed E-state index contributed by atoms with van der Waals surface area (Å²) in [6.07, 6.45) is 0. The predicted octanol–water partition coefficient (Wildman–Crippen LogP) is 10.1. The lowest BCUT2D eigenvalue weighted by Gasteiger charge is -2.11. The van der Waals surface area contributed by atoms with E-state index in [9.17, 15) is 0 Å². The third-order valence-electron chi connectivity index (χ3n) is 8.33. The zero-order chi connectivity index (χ0) is 29.7. The molecule has 2 heterocycles. The van der Waals surface area contributed by atoms with Gasteiger partial charge in [-0.05, 0) is 39.7 Å². The molecule has 0 aliphatic heterocycles. The summed E-state index contributed by atoms with van der Waals surface area (Å²) >= 11 is 0. The highest BCUT2D eigenvalue weighted by atomic mass is 16.3. The maximum absolute atomic E-state index is 6.63. The van der Waals surface area contributed by atoms with Gasteiger partial charge in [0, 0.05) is 33.0 Å². The van der Waals surface area contributed by atoms with Gasteiger partial charge < -0.3 is 4.42 Å². The maximum Gasteiger partial charge on any atom is 0.227 e. The SMILES string of the molecule is c1ccc(-c2nc(-c3ccccc3)nc(-c3ccc4ccc5c6ccccc6c6nc(-c7ccccc7)oc6c5c4c3)n2)cc1. The zero-order valence-corrected chi connectivity index (χ0v) is 24.1. The largest absolute Gasteiger partial charge is 0.435 e. The molecule has 0 amide bonds. The minimum absolute atomic E-state index is 0.605. The van der Waals surface area contributed by atoms with E-state index in [1.807, 2.05) is 91.0 Å². The van der Waals surface area contributed by atoms with Crippen molar-refractivity contribution in [3.63, 3.8) is 0 Å². The molecule has 7 aromatic carbocycles. The van der Waals surface area contributed by atoms with E-state index in [1.54, 1.807) is 0 Å². The Morgan fingerprint density at radius 3 is 1.56 bits per heavy atom. The molecule has 0 aliphatic carbocycles. The van der Waals surface area contributed by atoms with Gasteiger partial charge in [-0.1, -0.05) is 127 Å². The Kier molecular flexibility index (Phi) is 5.74. The Morgan fingerprint density at radius 1 is 0.378 bits per heavy atom. The molecule has 2 aromatic heterocycles. The third-order valence-corrected chi connectivity index (χ3v) is 8.33. The number of rotatable bonds is 4. The standard InChI is InChI=1S/C40H24N4O/c1-4-12-26(13-5-1)37-42-38(27-14-6-2-7-15-27)44-39(43-37)29-21-20-25-22-23-31-30-18-10-11-19-32(30)35-36(34(31)33(25)24-29)45-40(41-35)28-16-8-3-9-17-28/h1-24H. The summed E-state index contributed by atoms with van der Waals surface area (Å²) in [6, 6.07) is 49.3. The Labute approximate surface area is 258 Å². The topological polar surface area (TPSA) is 64.7 Å². The molecule has 5 heteroatoms. The Morgan fingerprint density at radius 2 is 0.911 bits per heavy atom. The van der Waals surface area contributed by atoms with Crippen LogP contribution in [0.1, 0.15) is 0 Å². The fourth-order valence-corrected chi connectivity index (χ4v) is 6.17. The van der Waals surface area contributed by atoms with E-state index in [2.05, 4.69) is 54.6 Å². The number of hydrogen-bond donors (Lipinski definition) is 0. The quantitative estimate of drug-likeness (QED) is 0.195. The van der Waals surface area contributed by atoms with Gasteiger partial charge in [-0.15, -0.1) is 0 Å². The van der Waals surface area contributed by atoms with E-state index in [4.69, 9.17) is 24.4 Å². The molecule has 0 radical (unpaired) electrons. The van der Waals surface area contributed by atoms with Crippen molar-refractivity contribution >= 4 is 43.4 Å². The summed E-state index contributed by atoms with van der Waals surface area (Å²) in [4.78, 5) is 19.9. The average molecular weight is 577 g/mol. The van der Waals surface area contributed by atoms with Crippen LogP contribution in [0.15, 0.2) is 150 Å². The van der Waals surface area contributed by atoms with Gasteiger partial charge in [0.25, 0.3) is 0 Å². The van der Waals surface area contributed by atoms with Gasteiger partial charge >= 0.3 is 0 Å². The molecule has 210 valence electrons. The minimum Gasteiger partial charge on any atom is -0.435 e. The third kappa shape index (κ3) is 4.25. The van der Waals surface area contributed by atoms with Crippen LogP contribution in [0.3, 0.4) is 0 Å². The molecule has 0 aliphatic rings. The van der Waals surface area contributed by atoms with E-state index < -0.39 is 0 Å². The number of hydrogen-bond acceptors (Lipinski definition) is 5. The second-order valence-corrected chi connectivity index (χ2v) is 11.1. The minimum atomic E-state index is 0.605. The number of fused-ring (bicyclic) bond motifs is 8. The van der Waals surface area contributed by atoms with E-state index in [0.717, 1.165) is 65.7 Å². The number of oxazole rings is 1. The molecule has 0 atom stereocenters. The second kappa shape index (κ2) is 10.2. The van der Waals surface area contributed by atoms with Gasteiger partial charge in [0.15, 0.2) is 23.1 Å². The summed E-state index contributed by atoms with van der Waals surface area (Å²) in [5.41, 5.74) is 5.35. The van der Waals surface area contributed by atoms with Crippen LogP contribution in [0.5, 0.6) is 0 Å². The monoisotopic (exact) mass is 576 g/mol. The summed E-state index contributed by atoms with van der Waals surface area (Å²) < 4.78 is 6.63. The zero-order valence-electron chi connectivity index (χ0n) is 24.1. The van der Waals surface area contributed by atoms with Crippen LogP contribution in [-0.4, -0.2) is 19.9 Å². The van der Waals surface area contributed by atoms with E-state index in [-0.39, 0.29) is 0 Å². The summed E-state index contributed by atoms with van der Waals surface area (Å²) in [5, 5.41) is 6.50. The van der Waals surface area contributed by atoms with Gasteiger partial charge in [0.1, 0.15) is 5.52 Å². The first-order valence-corrected chi connectivity index (χ1v) is 14.9. The van der Waals surface area contributed by atoms with E-state index >= 15 is 0 Å². The number of aromatic nitrogens is 4. The van der Waals surface area contributed by atoms with Crippen molar-refractivity contribution in [1.82, 2.24) is 19.9 Å². The summed E-state index contributed by atoms with van der Waals surface area (Å²) in [5.74, 6) is 2.48. The molecule has 0 spiro atoms. The lowest BCUT2D eigenvalue weighted by Crippen LogP contribution is -2.00. The van der Waals surface area contributed by atoms with Gasteiger partial charge in [-0.3, -0.25) is 0 Å². The van der Waals surface area contributed by atoms with Gasteiger partial charge in [0.2, 0.25) is 5.89 Å². The van der Waals surface area contributed by atoms with Crippen LogP contribution in [0.2, 0.25) is 0 Å². The lowest BCUT2D eigenvalue weighted by atomic mass is 9.94. The van der Waals surface area contributed by atoms with Crippen molar-refractivity contribution in [3.05, 3.63) is 146 Å². The fraction of sp³-hybridized carbons (Fsp3) is 0. The van der Waals surface area contributed by atoms with Crippen LogP contribution in [0.4, 0.5) is 0 Å². The molecular weight excluding hydrogens is 552 g/mol. The lowest BCUT2D eigenvalue weighted by molar-refractivity contribution is 0.623. The number of nitrogens with zero attached hydrogens (tertiary/aromatic N) is 4. The molecular formula is C40H24N4O. The normalized spacial score (nSPS) is 11.6. The molecule has 45 heavy (non-hydrogen) atoms. The maximum atomic E-state index is 6.63. The second-order valence-electron chi connectivity index (χ2n) is 11.1. The molecule has 9 rings (SSSR count). The first-order chi connectivity index (χ1) is 22.3. The molecule has 5 nitrogen and oxygen atoms in total. The van der Waals surface area contributed by atoms with Crippen molar-refractivity contribution in [1.29, 1.82) is 0 Å². The van der Waals surface area contributed by atoms with Crippen LogP contribution in [0, 0.1) is 0 Å². The molecule has 0 saturated carbocycles. The Balaban J connectivity index is 1.33. The predicted molar refractivity (Wildman–Crippen MR) is 182 cm³/mol. The van der Waals surface area contributed by atoms with Crippen molar-refractivity contribution in [3.8, 4) is 45.6 Å². The van der Waals surface area contributed by atoms with Crippen molar-refractivity contribution in [2.75, 3.05) is 0 Å². The molecule has 0 bridgehead atoms. The molecule has 9 aromatic rings. The Bertz CT molecular complexity index is 2470.